The molecule has 3 heteroatoms. The van der Waals surface area contributed by atoms with E-state index in [2.05, 4.69) is 15.9 Å². The first-order valence-electron chi connectivity index (χ1n) is 6.24. The average molecular weight is 299 g/mol. The first kappa shape index (κ1) is 13.1. The van der Waals surface area contributed by atoms with Crippen LogP contribution >= 0.6 is 15.9 Å². The van der Waals surface area contributed by atoms with Crippen molar-refractivity contribution in [3.05, 3.63) is 34.3 Å². The third-order valence-corrected chi connectivity index (χ3v) is 3.93. The van der Waals surface area contributed by atoms with E-state index in [-0.39, 0.29) is 6.10 Å². The normalized spacial score (nSPS) is 25.4. The Bertz CT molecular complexity index is 344. The van der Waals surface area contributed by atoms with Crippen LogP contribution in [0.4, 0.5) is 0 Å². The molecule has 1 unspecified atom stereocenters. The molecule has 2 rings (SSSR count). The van der Waals surface area contributed by atoms with E-state index in [9.17, 15) is 5.11 Å². The molecule has 0 heterocycles. The Hall–Kier alpha value is -0.380. The predicted octanol–water partition coefficient (Wildman–Crippen LogP) is 3.69. The number of hydrogen-bond acceptors (Lipinski definition) is 2. The molecule has 1 N–H and O–H groups in total. The largest absolute Gasteiger partial charge is 0.388 e. The minimum Gasteiger partial charge on any atom is -0.388 e. The molecular formula is C14H19BrO2. The quantitative estimate of drug-likeness (QED) is 0.898. The highest BCUT2D eigenvalue weighted by Crippen LogP contribution is 2.36. The van der Waals surface area contributed by atoms with E-state index >= 15 is 0 Å². The molecule has 1 aromatic rings. The summed E-state index contributed by atoms with van der Waals surface area (Å²) in [6, 6.07) is 7.91. The lowest BCUT2D eigenvalue weighted by Gasteiger charge is -2.36. The van der Waals surface area contributed by atoms with Crippen molar-refractivity contribution >= 4 is 15.9 Å². The lowest BCUT2D eigenvalue weighted by molar-refractivity contribution is -0.0380. The highest BCUT2D eigenvalue weighted by molar-refractivity contribution is 9.10. The lowest BCUT2D eigenvalue weighted by Crippen LogP contribution is -2.32. The Balaban J connectivity index is 1.78. The number of aliphatic hydroxyl groups excluding tert-OH is 1. The molecule has 2 nitrogen and oxygen atoms in total. The second-order valence-corrected chi connectivity index (χ2v) is 5.63. The van der Waals surface area contributed by atoms with Gasteiger partial charge in [-0.25, -0.2) is 0 Å². The van der Waals surface area contributed by atoms with Crippen LogP contribution in [-0.4, -0.2) is 17.8 Å². The standard InChI is InChI=1S/C14H19BrO2/c1-2-17-13-7-10(8-13)9-14(16)11-3-5-12(15)6-4-11/h3-6,10,13-14,16H,2,7-9H2,1H3. The number of hydrogen-bond donors (Lipinski definition) is 1. The Kier molecular flexibility index (Phi) is 4.60. The Morgan fingerprint density at radius 1 is 1.35 bits per heavy atom. The summed E-state index contributed by atoms with van der Waals surface area (Å²) in [5, 5.41) is 10.1. The van der Waals surface area contributed by atoms with Crippen molar-refractivity contribution < 1.29 is 9.84 Å². The predicted molar refractivity (Wildman–Crippen MR) is 71.9 cm³/mol. The summed E-state index contributed by atoms with van der Waals surface area (Å²) in [5.41, 5.74) is 1.01. The van der Waals surface area contributed by atoms with E-state index < -0.39 is 0 Å². The second-order valence-electron chi connectivity index (χ2n) is 4.72. The molecule has 0 aliphatic heterocycles. The highest BCUT2D eigenvalue weighted by atomic mass is 79.9. The number of rotatable bonds is 5. The van der Waals surface area contributed by atoms with Crippen molar-refractivity contribution in [1.29, 1.82) is 0 Å². The molecule has 94 valence electrons. The molecule has 0 bridgehead atoms. The van der Waals surface area contributed by atoms with Crippen molar-refractivity contribution in [3.63, 3.8) is 0 Å². The minimum absolute atomic E-state index is 0.337. The van der Waals surface area contributed by atoms with Crippen molar-refractivity contribution in [2.75, 3.05) is 6.61 Å². The van der Waals surface area contributed by atoms with Crippen LogP contribution in [0.2, 0.25) is 0 Å². The zero-order valence-electron chi connectivity index (χ0n) is 10.1. The van der Waals surface area contributed by atoms with Gasteiger partial charge in [0.2, 0.25) is 0 Å². The molecular weight excluding hydrogens is 280 g/mol. The summed E-state index contributed by atoms with van der Waals surface area (Å²) in [6.07, 6.45) is 3.14. The van der Waals surface area contributed by atoms with Gasteiger partial charge in [0.1, 0.15) is 0 Å². The molecule has 1 aliphatic carbocycles. The Morgan fingerprint density at radius 3 is 2.59 bits per heavy atom. The van der Waals surface area contributed by atoms with Gasteiger partial charge in [-0.1, -0.05) is 28.1 Å². The maximum atomic E-state index is 10.1. The summed E-state index contributed by atoms with van der Waals surface area (Å²) in [4.78, 5) is 0. The number of ether oxygens (including phenoxy) is 1. The summed E-state index contributed by atoms with van der Waals surface area (Å²) in [6.45, 7) is 2.83. The van der Waals surface area contributed by atoms with Crippen molar-refractivity contribution in [2.45, 2.75) is 38.4 Å². The SMILES string of the molecule is CCOC1CC(CC(O)c2ccc(Br)cc2)C1. The number of benzene rings is 1. The average Bonchev–Trinajstić information content (AvgIpc) is 2.27. The van der Waals surface area contributed by atoms with Crippen molar-refractivity contribution in [3.8, 4) is 0 Å². The van der Waals surface area contributed by atoms with Gasteiger partial charge < -0.3 is 9.84 Å². The van der Waals surface area contributed by atoms with E-state index in [1.165, 1.54) is 0 Å². The van der Waals surface area contributed by atoms with E-state index in [0.29, 0.717) is 12.0 Å². The van der Waals surface area contributed by atoms with Crippen LogP contribution in [0, 0.1) is 5.92 Å². The van der Waals surface area contributed by atoms with E-state index in [1.807, 2.05) is 31.2 Å². The number of aliphatic hydroxyl groups is 1. The van der Waals surface area contributed by atoms with Gasteiger partial charge in [0.25, 0.3) is 0 Å². The molecule has 1 aromatic carbocycles. The van der Waals surface area contributed by atoms with Crippen LogP contribution in [0.1, 0.15) is 37.9 Å². The molecule has 1 saturated carbocycles. The van der Waals surface area contributed by atoms with Crippen LogP contribution in [0.15, 0.2) is 28.7 Å². The maximum absolute atomic E-state index is 10.1. The highest BCUT2D eigenvalue weighted by Gasteiger charge is 2.31. The lowest BCUT2D eigenvalue weighted by atomic mass is 9.78. The van der Waals surface area contributed by atoms with Gasteiger partial charge in [-0.3, -0.25) is 0 Å². The van der Waals surface area contributed by atoms with E-state index in [4.69, 9.17) is 4.74 Å². The molecule has 0 spiro atoms. The van der Waals surface area contributed by atoms with Crippen LogP contribution in [0.5, 0.6) is 0 Å². The molecule has 1 aliphatic rings. The fourth-order valence-corrected chi connectivity index (χ4v) is 2.64. The molecule has 0 aromatic heterocycles. The smallest absolute Gasteiger partial charge is 0.0792 e. The minimum atomic E-state index is -0.337. The van der Waals surface area contributed by atoms with Gasteiger partial charge in [-0.15, -0.1) is 0 Å². The van der Waals surface area contributed by atoms with Gasteiger partial charge >= 0.3 is 0 Å². The summed E-state index contributed by atoms with van der Waals surface area (Å²) in [7, 11) is 0. The molecule has 0 amide bonds. The van der Waals surface area contributed by atoms with Crippen LogP contribution in [0.25, 0.3) is 0 Å². The molecule has 0 saturated heterocycles. The third kappa shape index (κ3) is 3.54. The summed E-state index contributed by atoms with van der Waals surface area (Å²) >= 11 is 3.40. The van der Waals surface area contributed by atoms with Crippen molar-refractivity contribution in [1.82, 2.24) is 0 Å². The molecule has 0 radical (unpaired) electrons. The fraction of sp³-hybridized carbons (Fsp3) is 0.571. The summed E-state index contributed by atoms with van der Waals surface area (Å²) < 4.78 is 6.57. The van der Waals surface area contributed by atoms with Crippen LogP contribution in [0.3, 0.4) is 0 Å². The monoisotopic (exact) mass is 298 g/mol. The molecule has 17 heavy (non-hydrogen) atoms. The third-order valence-electron chi connectivity index (χ3n) is 3.41. The topological polar surface area (TPSA) is 29.5 Å². The fourth-order valence-electron chi connectivity index (χ4n) is 2.38. The zero-order chi connectivity index (χ0) is 12.3. The van der Waals surface area contributed by atoms with Gasteiger partial charge in [-0.2, -0.15) is 0 Å². The molecule has 1 atom stereocenters. The van der Waals surface area contributed by atoms with Gasteiger partial charge in [0.15, 0.2) is 0 Å². The number of halogens is 1. The summed E-state index contributed by atoms with van der Waals surface area (Å²) in [5.74, 6) is 0.616. The Morgan fingerprint density at radius 2 is 2.00 bits per heavy atom. The van der Waals surface area contributed by atoms with Crippen LogP contribution in [-0.2, 0) is 4.74 Å². The molecule has 1 fully saturated rings. The van der Waals surface area contributed by atoms with Crippen LogP contribution < -0.4 is 0 Å². The van der Waals surface area contributed by atoms with E-state index in [1.54, 1.807) is 0 Å². The second kappa shape index (κ2) is 5.98. The zero-order valence-corrected chi connectivity index (χ0v) is 11.7. The van der Waals surface area contributed by atoms with Gasteiger partial charge in [-0.05, 0) is 49.8 Å². The van der Waals surface area contributed by atoms with Gasteiger partial charge in [0.05, 0.1) is 12.2 Å². The van der Waals surface area contributed by atoms with Crippen molar-refractivity contribution in [2.24, 2.45) is 5.92 Å². The first-order chi connectivity index (χ1) is 8.19. The maximum Gasteiger partial charge on any atom is 0.0792 e. The van der Waals surface area contributed by atoms with Gasteiger partial charge in [0, 0.05) is 11.1 Å². The van der Waals surface area contributed by atoms with E-state index in [0.717, 1.165) is 35.9 Å². The Labute approximate surface area is 111 Å². The first-order valence-corrected chi connectivity index (χ1v) is 7.03.